The highest BCUT2D eigenvalue weighted by Gasteiger charge is 2.38. The number of aromatic nitrogens is 2. The van der Waals surface area contributed by atoms with Gasteiger partial charge in [-0.25, -0.2) is 0 Å². The number of rotatable bonds is 7. The minimum atomic E-state index is 0.0855. The third kappa shape index (κ3) is 4.36. The molecule has 0 radical (unpaired) electrons. The minimum Gasteiger partial charge on any atom is -0.508 e. The monoisotopic (exact) mass is 338 g/mol. The van der Waals surface area contributed by atoms with Gasteiger partial charge < -0.3 is 20.6 Å². The lowest BCUT2D eigenvalue weighted by molar-refractivity contribution is 0.475. The highest BCUT2D eigenvalue weighted by molar-refractivity contribution is 5.75. The van der Waals surface area contributed by atoms with Crippen molar-refractivity contribution in [2.24, 2.45) is 5.92 Å². The van der Waals surface area contributed by atoms with Crippen LogP contribution in [0.5, 0.6) is 5.75 Å². The summed E-state index contributed by atoms with van der Waals surface area (Å²) in [4.78, 5) is 0. The summed E-state index contributed by atoms with van der Waals surface area (Å²) >= 11 is 0. The number of nitrogens with two attached hydrogens (primary N) is 1. The molecular weight excluding hydrogens is 316 g/mol. The standard InChI is InChI=1S/C19H22N4O2/c1-3-13(14-5-4-6-15(24)9-14)8-7-12(2)16-10-17(16)21-11-18-22-23-19(20)25-18/h3-9,16-17,21,24H,2,10-11H2,1H3,(H2,20,23). The van der Waals surface area contributed by atoms with Crippen LogP contribution in [-0.2, 0) is 6.54 Å². The smallest absolute Gasteiger partial charge is 0.312 e. The van der Waals surface area contributed by atoms with E-state index in [1.54, 1.807) is 12.1 Å². The van der Waals surface area contributed by atoms with Crippen molar-refractivity contribution in [3.05, 3.63) is 66.1 Å². The van der Waals surface area contributed by atoms with E-state index in [-0.39, 0.29) is 11.8 Å². The van der Waals surface area contributed by atoms with Crippen LogP contribution < -0.4 is 11.1 Å². The summed E-state index contributed by atoms with van der Waals surface area (Å²) in [6.45, 7) is 6.65. The van der Waals surface area contributed by atoms with Gasteiger partial charge in [0, 0.05) is 12.0 Å². The van der Waals surface area contributed by atoms with E-state index >= 15 is 0 Å². The summed E-state index contributed by atoms with van der Waals surface area (Å²) in [5, 5.41) is 20.4. The Morgan fingerprint density at radius 1 is 1.44 bits per heavy atom. The number of nitrogen functional groups attached to an aromatic ring is 1. The van der Waals surface area contributed by atoms with Gasteiger partial charge in [-0.2, -0.15) is 0 Å². The van der Waals surface area contributed by atoms with E-state index in [9.17, 15) is 5.11 Å². The molecule has 3 rings (SSSR count). The van der Waals surface area contributed by atoms with Gasteiger partial charge in [0.1, 0.15) is 5.75 Å². The number of hydrogen-bond donors (Lipinski definition) is 3. The molecule has 1 aromatic heterocycles. The second-order valence-corrected chi connectivity index (χ2v) is 6.07. The number of allylic oxidation sites excluding steroid dienone is 4. The Labute approximate surface area is 146 Å². The molecule has 0 spiro atoms. The Morgan fingerprint density at radius 3 is 2.96 bits per heavy atom. The molecule has 4 N–H and O–H groups in total. The molecule has 0 bridgehead atoms. The molecule has 1 aliphatic rings. The van der Waals surface area contributed by atoms with Crippen molar-refractivity contribution in [1.29, 1.82) is 0 Å². The van der Waals surface area contributed by atoms with Crippen molar-refractivity contribution in [3.63, 3.8) is 0 Å². The van der Waals surface area contributed by atoms with Crippen LogP contribution in [0.1, 0.15) is 24.8 Å². The molecule has 1 saturated carbocycles. The second-order valence-electron chi connectivity index (χ2n) is 6.07. The van der Waals surface area contributed by atoms with E-state index in [1.165, 1.54) is 0 Å². The maximum atomic E-state index is 9.62. The van der Waals surface area contributed by atoms with Crippen molar-refractivity contribution in [2.45, 2.75) is 25.9 Å². The molecule has 0 saturated heterocycles. The number of nitrogens with zero attached hydrogens (tertiary/aromatic N) is 2. The van der Waals surface area contributed by atoms with Crippen LogP contribution in [0.4, 0.5) is 6.01 Å². The van der Waals surface area contributed by atoms with Crippen LogP contribution in [0, 0.1) is 5.92 Å². The highest BCUT2D eigenvalue weighted by atomic mass is 16.4. The predicted octanol–water partition coefficient (Wildman–Crippen LogP) is 3.05. The molecule has 2 atom stereocenters. The fraction of sp³-hybridized carbons (Fsp3) is 0.263. The van der Waals surface area contributed by atoms with E-state index in [0.717, 1.165) is 23.1 Å². The fourth-order valence-corrected chi connectivity index (χ4v) is 2.75. The quantitative estimate of drug-likeness (QED) is 0.671. The Kier molecular flexibility index (Phi) is 5.00. The Hall–Kier alpha value is -2.86. The summed E-state index contributed by atoms with van der Waals surface area (Å²) in [6.07, 6.45) is 7.12. The van der Waals surface area contributed by atoms with Crippen molar-refractivity contribution >= 4 is 11.6 Å². The van der Waals surface area contributed by atoms with Crippen LogP contribution in [-0.4, -0.2) is 21.3 Å². The van der Waals surface area contributed by atoms with Gasteiger partial charge in [0.2, 0.25) is 5.89 Å². The number of hydrogen-bond acceptors (Lipinski definition) is 6. The van der Waals surface area contributed by atoms with Crippen LogP contribution >= 0.6 is 0 Å². The maximum Gasteiger partial charge on any atom is 0.312 e. The van der Waals surface area contributed by atoms with Crippen LogP contribution in [0.3, 0.4) is 0 Å². The van der Waals surface area contributed by atoms with E-state index in [1.807, 2.05) is 37.3 Å². The molecule has 6 nitrogen and oxygen atoms in total. The van der Waals surface area contributed by atoms with Crippen molar-refractivity contribution < 1.29 is 9.52 Å². The molecule has 1 aromatic carbocycles. The zero-order chi connectivity index (χ0) is 17.8. The zero-order valence-electron chi connectivity index (χ0n) is 14.1. The summed E-state index contributed by atoms with van der Waals surface area (Å²) in [6, 6.07) is 7.67. The van der Waals surface area contributed by atoms with Gasteiger partial charge in [0.25, 0.3) is 0 Å². The van der Waals surface area contributed by atoms with Gasteiger partial charge in [0.15, 0.2) is 0 Å². The molecule has 1 aliphatic carbocycles. The lowest BCUT2D eigenvalue weighted by atomic mass is 10.0. The molecule has 2 aromatic rings. The lowest BCUT2D eigenvalue weighted by Gasteiger charge is -2.04. The number of phenols is 1. The molecule has 130 valence electrons. The van der Waals surface area contributed by atoms with Crippen LogP contribution in [0.25, 0.3) is 5.57 Å². The molecule has 1 fully saturated rings. The van der Waals surface area contributed by atoms with Gasteiger partial charge in [0.05, 0.1) is 6.54 Å². The Balaban J connectivity index is 1.53. The second kappa shape index (κ2) is 7.36. The molecular formula is C19H22N4O2. The largest absolute Gasteiger partial charge is 0.508 e. The number of phenolic OH excluding ortho intramolecular Hbond substituents is 1. The predicted molar refractivity (Wildman–Crippen MR) is 97.5 cm³/mol. The highest BCUT2D eigenvalue weighted by Crippen LogP contribution is 2.37. The normalized spacial score (nSPS) is 20.1. The third-order valence-corrected chi connectivity index (χ3v) is 4.23. The van der Waals surface area contributed by atoms with Crippen molar-refractivity contribution in [2.75, 3.05) is 5.73 Å². The first kappa shape index (κ1) is 17.0. The molecule has 2 unspecified atom stereocenters. The lowest BCUT2D eigenvalue weighted by Crippen LogP contribution is -2.18. The van der Waals surface area contributed by atoms with E-state index < -0.39 is 0 Å². The first-order chi connectivity index (χ1) is 12.1. The average molecular weight is 338 g/mol. The number of aromatic hydroxyl groups is 1. The fourth-order valence-electron chi connectivity index (χ4n) is 2.75. The Bertz CT molecular complexity index is 822. The number of anilines is 1. The molecule has 6 heteroatoms. The topological polar surface area (TPSA) is 97.2 Å². The average Bonchev–Trinajstić information content (AvgIpc) is 3.27. The van der Waals surface area contributed by atoms with Crippen molar-refractivity contribution in [1.82, 2.24) is 15.5 Å². The van der Waals surface area contributed by atoms with Gasteiger partial charge in [-0.15, -0.1) is 5.10 Å². The van der Waals surface area contributed by atoms with Gasteiger partial charge in [-0.3, -0.25) is 0 Å². The molecule has 1 heterocycles. The SMILES string of the molecule is C=C(C=CC(=CC)c1cccc(O)c1)C1CC1NCc1nnc(N)o1. The van der Waals surface area contributed by atoms with Gasteiger partial charge in [-0.1, -0.05) is 47.6 Å². The number of benzene rings is 1. The Morgan fingerprint density at radius 2 is 2.28 bits per heavy atom. The summed E-state index contributed by atoms with van der Waals surface area (Å²) < 4.78 is 5.14. The molecule has 0 aliphatic heterocycles. The van der Waals surface area contributed by atoms with Crippen LogP contribution in [0.15, 0.2) is 59.1 Å². The number of nitrogens with one attached hydrogen (secondary N) is 1. The minimum absolute atomic E-state index is 0.0855. The van der Waals surface area contributed by atoms with Gasteiger partial charge in [-0.05, 0) is 36.6 Å². The van der Waals surface area contributed by atoms with Gasteiger partial charge >= 0.3 is 6.01 Å². The van der Waals surface area contributed by atoms with E-state index in [4.69, 9.17) is 10.2 Å². The maximum absolute atomic E-state index is 9.62. The molecule has 0 amide bonds. The summed E-state index contributed by atoms with van der Waals surface area (Å²) in [7, 11) is 0. The third-order valence-electron chi connectivity index (χ3n) is 4.23. The first-order valence-electron chi connectivity index (χ1n) is 8.20. The first-order valence-corrected chi connectivity index (χ1v) is 8.20. The molecule has 25 heavy (non-hydrogen) atoms. The summed E-state index contributed by atoms with van der Waals surface area (Å²) in [5.41, 5.74) is 8.50. The zero-order valence-corrected chi connectivity index (χ0v) is 14.1. The van der Waals surface area contributed by atoms with Crippen molar-refractivity contribution in [3.8, 4) is 5.75 Å². The summed E-state index contributed by atoms with van der Waals surface area (Å²) in [5.74, 6) is 1.15. The van der Waals surface area contributed by atoms with E-state index in [2.05, 4.69) is 22.1 Å². The van der Waals surface area contributed by atoms with E-state index in [0.29, 0.717) is 24.4 Å². The van der Waals surface area contributed by atoms with Crippen LogP contribution in [0.2, 0.25) is 0 Å².